The molecule has 0 fully saturated rings. The topological polar surface area (TPSA) is 26.0 Å². The third-order valence-electron chi connectivity index (χ3n) is 3.37. The lowest BCUT2D eigenvalue weighted by Gasteiger charge is -2.12. The lowest BCUT2D eigenvalue weighted by atomic mass is 10.1. The van der Waals surface area contributed by atoms with Gasteiger partial charge in [0.05, 0.1) is 6.04 Å². The minimum Gasteiger partial charge on any atom is -0.320 e. The molecule has 1 atom stereocenters. The Bertz CT molecular complexity index is 570. The van der Waals surface area contributed by atoms with Crippen LogP contribution in [0.15, 0.2) is 24.3 Å². The maximum Gasteiger partial charge on any atom is 0.0660 e. The molecule has 0 saturated heterocycles. The van der Waals surface area contributed by atoms with Crippen molar-refractivity contribution in [1.29, 1.82) is 0 Å². The normalized spacial score (nSPS) is 15.7. The summed E-state index contributed by atoms with van der Waals surface area (Å²) in [4.78, 5) is 2.69. The number of nitrogens with two attached hydrogens (primary N) is 1. The van der Waals surface area contributed by atoms with Gasteiger partial charge >= 0.3 is 0 Å². The highest BCUT2D eigenvalue weighted by Crippen LogP contribution is 2.37. The standard InChI is InChI=1S/C14H13Cl2NS/c15-9-4-5-10(11(16)7-9)14(17)13-6-8-2-1-3-12(8)18-13/h4-7,14H,1-3,17H2. The molecule has 1 nitrogen and oxygen atoms in total. The van der Waals surface area contributed by atoms with Gasteiger partial charge in [-0.2, -0.15) is 0 Å². The smallest absolute Gasteiger partial charge is 0.0660 e. The minimum absolute atomic E-state index is 0.148. The molecule has 4 heteroatoms. The fourth-order valence-corrected chi connectivity index (χ4v) is 4.22. The Morgan fingerprint density at radius 3 is 2.72 bits per heavy atom. The van der Waals surface area contributed by atoms with Gasteiger partial charge in [0.15, 0.2) is 0 Å². The van der Waals surface area contributed by atoms with Gasteiger partial charge in [-0.15, -0.1) is 11.3 Å². The van der Waals surface area contributed by atoms with Gasteiger partial charge in [-0.3, -0.25) is 0 Å². The molecule has 0 bridgehead atoms. The number of rotatable bonds is 2. The number of fused-ring (bicyclic) bond motifs is 1. The van der Waals surface area contributed by atoms with Crippen molar-refractivity contribution >= 4 is 34.5 Å². The predicted octanol–water partition coefficient (Wildman–Crippen LogP) is 4.59. The number of hydrogen-bond acceptors (Lipinski definition) is 2. The molecule has 1 aromatic carbocycles. The van der Waals surface area contributed by atoms with Crippen LogP contribution in [-0.2, 0) is 12.8 Å². The maximum atomic E-state index is 6.31. The second-order valence-corrected chi connectivity index (χ2v) is 6.61. The Hall–Kier alpha value is -0.540. The molecular weight excluding hydrogens is 285 g/mol. The van der Waals surface area contributed by atoms with Crippen LogP contribution < -0.4 is 5.73 Å². The van der Waals surface area contributed by atoms with Crippen molar-refractivity contribution in [2.24, 2.45) is 5.73 Å². The average Bonchev–Trinajstić information content (AvgIpc) is 2.87. The first-order valence-electron chi connectivity index (χ1n) is 5.97. The fourth-order valence-electron chi connectivity index (χ4n) is 2.41. The average molecular weight is 298 g/mol. The third-order valence-corrected chi connectivity index (χ3v) is 5.25. The lowest BCUT2D eigenvalue weighted by Crippen LogP contribution is -2.10. The van der Waals surface area contributed by atoms with Crippen LogP contribution in [0.25, 0.3) is 0 Å². The molecule has 94 valence electrons. The largest absolute Gasteiger partial charge is 0.320 e. The van der Waals surface area contributed by atoms with Gasteiger partial charge in [0.2, 0.25) is 0 Å². The van der Waals surface area contributed by atoms with E-state index in [9.17, 15) is 0 Å². The molecule has 1 unspecified atom stereocenters. The van der Waals surface area contributed by atoms with Crippen molar-refractivity contribution in [1.82, 2.24) is 0 Å². The van der Waals surface area contributed by atoms with Gasteiger partial charge in [0.1, 0.15) is 0 Å². The number of hydrogen-bond donors (Lipinski definition) is 1. The monoisotopic (exact) mass is 297 g/mol. The number of aryl methyl sites for hydroxylation is 2. The zero-order valence-electron chi connectivity index (χ0n) is 9.75. The van der Waals surface area contributed by atoms with Crippen LogP contribution in [0.2, 0.25) is 10.0 Å². The van der Waals surface area contributed by atoms with E-state index in [0.29, 0.717) is 10.0 Å². The van der Waals surface area contributed by atoms with Crippen LogP contribution in [0.1, 0.15) is 33.3 Å². The Kier molecular flexibility index (Phi) is 3.37. The van der Waals surface area contributed by atoms with Gasteiger partial charge in [-0.1, -0.05) is 29.3 Å². The zero-order valence-corrected chi connectivity index (χ0v) is 12.1. The van der Waals surface area contributed by atoms with E-state index < -0.39 is 0 Å². The van der Waals surface area contributed by atoms with E-state index >= 15 is 0 Å². The Labute approximate surface area is 121 Å². The first-order chi connectivity index (χ1) is 8.65. The molecule has 1 aliphatic carbocycles. The second kappa shape index (κ2) is 4.86. The summed E-state index contributed by atoms with van der Waals surface area (Å²) in [6, 6.07) is 7.59. The summed E-state index contributed by atoms with van der Waals surface area (Å²) in [6.45, 7) is 0. The molecule has 1 aromatic heterocycles. The van der Waals surface area contributed by atoms with E-state index in [1.807, 2.05) is 23.5 Å². The van der Waals surface area contributed by atoms with Crippen molar-refractivity contribution < 1.29 is 0 Å². The predicted molar refractivity (Wildman–Crippen MR) is 78.8 cm³/mol. The van der Waals surface area contributed by atoms with E-state index in [2.05, 4.69) is 6.07 Å². The van der Waals surface area contributed by atoms with Gasteiger partial charge in [-0.05, 0) is 48.6 Å². The minimum atomic E-state index is -0.148. The maximum absolute atomic E-state index is 6.31. The van der Waals surface area contributed by atoms with Crippen molar-refractivity contribution in [2.75, 3.05) is 0 Å². The van der Waals surface area contributed by atoms with Crippen LogP contribution in [-0.4, -0.2) is 0 Å². The summed E-state index contributed by atoms with van der Waals surface area (Å²) in [5, 5.41) is 1.29. The molecule has 2 N–H and O–H groups in total. The Morgan fingerprint density at radius 1 is 1.17 bits per heavy atom. The summed E-state index contributed by atoms with van der Waals surface area (Å²) >= 11 is 13.9. The highest BCUT2D eigenvalue weighted by atomic mass is 35.5. The first-order valence-corrected chi connectivity index (χ1v) is 7.54. The van der Waals surface area contributed by atoms with Crippen molar-refractivity contribution in [3.63, 3.8) is 0 Å². The molecule has 0 spiro atoms. The molecule has 18 heavy (non-hydrogen) atoms. The summed E-state index contributed by atoms with van der Waals surface area (Å²) in [7, 11) is 0. The second-order valence-electron chi connectivity index (χ2n) is 4.59. The third kappa shape index (κ3) is 2.19. The van der Waals surface area contributed by atoms with E-state index in [4.69, 9.17) is 28.9 Å². The van der Waals surface area contributed by atoms with Crippen LogP contribution in [0.5, 0.6) is 0 Å². The van der Waals surface area contributed by atoms with Gasteiger partial charge < -0.3 is 5.73 Å². The molecule has 1 aliphatic rings. The van der Waals surface area contributed by atoms with Crippen molar-refractivity contribution in [3.8, 4) is 0 Å². The SMILES string of the molecule is NC(c1cc2c(s1)CCC2)c1ccc(Cl)cc1Cl. The lowest BCUT2D eigenvalue weighted by molar-refractivity contribution is 0.882. The molecule has 1 heterocycles. The Morgan fingerprint density at radius 2 is 2.00 bits per heavy atom. The highest BCUT2D eigenvalue weighted by molar-refractivity contribution is 7.12. The van der Waals surface area contributed by atoms with E-state index in [-0.39, 0.29) is 6.04 Å². The molecular formula is C14H13Cl2NS. The highest BCUT2D eigenvalue weighted by Gasteiger charge is 2.20. The number of halogens is 2. The fraction of sp³-hybridized carbons (Fsp3) is 0.286. The summed E-state index contributed by atoms with van der Waals surface area (Å²) < 4.78 is 0. The van der Waals surface area contributed by atoms with E-state index in [1.165, 1.54) is 34.6 Å². The van der Waals surface area contributed by atoms with E-state index in [0.717, 1.165) is 5.56 Å². The molecule has 0 aliphatic heterocycles. The number of benzene rings is 1. The zero-order chi connectivity index (χ0) is 12.7. The van der Waals surface area contributed by atoms with Crippen LogP contribution >= 0.6 is 34.5 Å². The van der Waals surface area contributed by atoms with Crippen molar-refractivity contribution in [2.45, 2.75) is 25.3 Å². The summed E-state index contributed by atoms with van der Waals surface area (Å²) in [6.07, 6.45) is 3.66. The van der Waals surface area contributed by atoms with Crippen molar-refractivity contribution in [3.05, 3.63) is 55.2 Å². The van der Waals surface area contributed by atoms with Crippen LogP contribution in [0.4, 0.5) is 0 Å². The van der Waals surface area contributed by atoms with Gasteiger partial charge in [-0.25, -0.2) is 0 Å². The van der Waals surface area contributed by atoms with Gasteiger partial charge in [0, 0.05) is 19.8 Å². The summed E-state index contributed by atoms with van der Waals surface area (Å²) in [5.41, 5.74) is 8.72. The van der Waals surface area contributed by atoms with Crippen LogP contribution in [0.3, 0.4) is 0 Å². The van der Waals surface area contributed by atoms with Crippen LogP contribution in [0, 0.1) is 0 Å². The molecule has 0 saturated carbocycles. The van der Waals surface area contributed by atoms with E-state index in [1.54, 1.807) is 6.07 Å². The quantitative estimate of drug-likeness (QED) is 0.862. The molecule has 0 amide bonds. The summed E-state index contributed by atoms with van der Waals surface area (Å²) in [5.74, 6) is 0. The molecule has 2 aromatic rings. The first kappa shape index (κ1) is 12.5. The molecule has 0 radical (unpaired) electrons. The number of thiophene rings is 1. The Balaban J connectivity index is 1.95. The molecule has 3 rings (SSSR count). The van der Waals surface area contributed by atoms with Gasteiger partial charge in [0.25, 0.3) is 0 Å².